The number of benzene rings is 1. The highest BCUT2D eigenvalue weighted by Crippen LogP contribution is 2.44. The molecule has 0 unspecified atom stereocenters. The van der Waals surface area contributed by atoms with Gasteiger partial charge in [-0.3, -0.25) is 9.59 Å². The zero-order chi connectivity index (χ0) is 22.1. The Bertz CT molecular complexity index is 1000. The first-order chi connectivity index (χ1) is 14.2. The molecule has 5 nitrogen and oxygen atoms in total. The molecule has 0 spiro atoms. The summed E-state index contributed by atoms with van der Waals surface area (Å²) >= 11 is 6.54. The smallest absolute Gasteiger partial charge is 0.315 e. The monoisotopic (exact) mass is 430 g/mol. The molecule has 1 heterocycles. The maximum Gasteiger partial charge on any atom is 0.315 e. The molecule has 0 radical (unpaired) electrons. The Kier molecular flexibility index (Phi) is 6.71. The van der Waals surface area contributed by atoms with Crippen LogP contribution in [0.3, 0.4) is 0 Å². The highest BCUT2D eigenvalue weighted by molar-refractivity contribution is 6.31. The highest BCUT2D eigenvalue weighted by atomic mass is 35.5. The maximum absolute atomic E-state index is 12.4. The van der Waals surface area contributed by atoms with Crippen molar-refractivity contribution in [3.8, 4) is 5.75 Å². The van der Waals surface area contributed by atoms with E-state index in [4.69, 9.17) is 11.6 Å². The average Bonchev–Trinajstić information content (AvgIpc) is 3.15. The Labute approximate surface area is 183 Å². The molecular weight excluding hydrogens is 400 g/mol. The number of halogens is 1. The third-order valence-corrected chi connectivity index (χ3v) is 6.58. The first kappa shape index (κ1) is 22.5. The molecule has 3 rings (SSSR count). The van der Waals surface area contributed by atoms with Crippen molar-refractivity contribution in [3.63, 3.8) is 0 Å². The topological polar surface area (TPSA) is 72.2 Å². The average molecular weight is 431 g/mol. The van der Waals surface area contributed by atoms with Crippen molar-refractivity contribution in [1.29, 1.82) is 0 Å². The Morgan fingerprint density at radius 1 is 1.30 bits per heavy atom. The van der Waals surface area contributed by atoms with Crippen LogP contribution in [0.15, 0.2) is 23.0 Å². The summed E-state index contributed by atoms with van der Waals surface area (Å²) in [7, 11) is 0. The lowest BCUT2D eigenvalue weighted by molar-refractivity contribution is 0.0998. The maximum atomic E-state index is 12.4. The summed E-state index contributed by atoms with van der Waals surface area (Å²) < 4.78 is 1.76. The normalized spacial score (nSPS) is 15.7. The fraction of sp³-hybridized carbons (Fsp3) is 0.542. The molecule has 1 N–H and O–H groups in total. The van der Waals surface area contributed by atoms with Crippen molar-refractivity contribution in [2.45, 2.75) is 78.2 Å². The van der Waals surface area contributed by atoms with Crippen molar-refractivity contribution in [2.75, 3.05) is 0 Å². The molecule has 0 saturated heterocycles. The van der Waals surface area contributed by atoms with Crippen LogP contribution in [0.4, 0.5) is 0 Å². The van der Waals surface area contributed by atoms with Gasteiger partial charge in [0.25, 0.3) is 0 Å². The number of hydrogen-bond donors (Lipinski definition) is 1. The number of rotatable bonds is 7. The van der Waals surface area contributed by atoms with Gasteiger partial charge in [-0.05, 0) is 42.4 Å². The molecule has 6 heteroatoms. The summed E-state index contributed by atoms with van der Waals surface area (Å²) in [5, 5.41) is 11.1. The van der Waals surface area contributed by atoms with Gasteiger partial charge < -0.3 is 9.67 Å². The van der Waals surface area contributed by atoms with E-state index in [0.717, 1.165) is 48.3 Å². The van der Waals surface area contributed by atoms with Crippen LogP contribution in [0.25, 0.3) is 0 Å². The van der Waals surface area contributed by atoms with E-state index in [-0.39, 0.29) is 22.8 Å². The number of Topliss-reactive ketones (excluding diaryl/α,β-unsaturated/α-hetero) is 1. The van der Waals surface area contributed by atoms with Crippen molar-refractivity contribution in [2.24, 2.45) is 5.92 Å². The lowest BCUT2D eigenvalue weighted by Crippen LogP contribution is -2.32. The van der Waals surface area contributed by atoms with Crippen LogP contribution in [-0.2, 0) is 24.8 Å². The van der Waals surface area contributed by atoms with Gasteiger partial charge in [-0.1, -0.05) is 57.3 Å². The number of aryl methyl sites for hydroxylation is 1. The van der Waals surface area contributed by atoms with Gasteiger partial charge in [0, 0.05) is 30.3 Å². The van der Waals surface area contributed by atoms with Gasteiger partial charge >= 0.3 is 5.56 Å². The second-order valence-electron chi connectivity index (χ2n) is 8.91. The molecule has 1 aromatic carbocycles. The van der Waals surface area contributed by atoms with E-state index >= 15 is 0 Å². The van der Waals surface area contributed by atoms with E-state index in [1.165, 1.54) is 6.92 Å². The fourth-order valence-electron chi connectivity index (χ4n) is 4.73. The molecule has 30 heavy (non-hydrogen) atoms. The van der Waals surface area contributed by atoms with Crippen LogP contribution >= 0.6 is 11.6 Å². The van der Waals surface area contributed by atoms with E-state index in [1.807, 2.05) is 13.8 Å². The van der Waals surface area contributed by atoms with Crippen LogP contribution < -0.4 is 5.56 Å². The Morgan fingerprint density at radius 2 is 1.97 bits per heavy atom. The number of carbonyl (C=O) groups is 1. The van der Waals surface area contributed by atoms with Gasteiger partial charge in [0.05, 0.1) is 0 Å². The van der Waals surface area contributed by atoms with E-state index in [2.05, 4.69) is 30.1 Å². The molecule has 162 valence electrons. The van der Waals surface area contributed by atoms with Gasteiger partial charge in [-0.25, -0.2) is 0 Å². The van der Waals surface area contributed by atoms with Gasteiger partial charge in [0.2, 0.25) is 5.75 Å². The van der Waals surface area contributed by atoms with Crippen LogP contribution in [0.5, 0.6) is 5.75 Å². The Morgan fingerprint density at radius 3 is 2.50 bits per heavy atom. The predicted octanol–water partition coefficient (Wildman–Crippen LogP) is 5.08. The van der Waals surface area contributed by atoms with Gasteiger partial charge in [0.1, 0.15) is 11.5 Å². The second kappa shape index (κ2) is 8.93. The number of nitrogens with zero attached hydrogens (tertiary/aromatic N) is 2. The third-order valence-electron chi connectivity index (χ3n) is 6.22. The molecule has 1 aliphatic rings. The molecule has 0 atom stereocenters. The zero-order valence-electron chi connectivity index (χ0n) is 18.3. The van der Waals surface area contributed by atoms with Crippen molar-refractivity contribution < 1.29 is 9.90 Å². The van der Waals surface area contributed by atoms with Crippen molar-refractivity contribution in [1.82, 2.24) is 9.55 Å². The first-order valence-corrected chi connectivity index (χ1v) is 11.2. The van der Waals surface area contributed by atoms with Gasteiger partial charge in [-0.15, -0.1) is 0 Å². The van der Waals surface area contributed by atoms with E-state index in [1.54, 1.807) is 4.57 Å². The summed E-state index contributed by atoms with van der Waals surface area (Å²) in [5.74, 6) is -0.0925. The van der Waals surface area contributed by atoms with Gasteiger partial charge in [0.15, 0.2) is 5.78 Å². The molecule has 0 bridgehead atoms. The van der Waals surface area contributed by atoms with E-state index in [9.17, 15) is 14.7 Å². The predicted molar refractivity (Wildman–Crippen MR) is 120 cm³/mol. The molecule has 1 saturated carbocycles. The number of hydrogen-bond acceptors (Lipinski definition) is 4. The Hall–Kier alpha value is -2.14. The molecule has 1 fully saturated rings. The second-order valence-corrected chi connectivity index (χ2v) is 9.32. The van der Waals surface area contributed by atoms with Crippen LogP contribution in [-0.4, -0.2) is 20.4 Å². The minimum atomic E-state index is -0.734. The third kappa shape index (κ3) is 4.31. The zero-order valence-corrected chi connectivity index (χ0v) is 19.1. The number of aromatic nitrogens is 2. The van der Waals surface area contributed by atoms with E-state index < -0.39 is 11.3 Å². The summed E-state index contributed by atoms with van der Waals surface area (Å²) in [6, 6.07) is 6.29. The highest BCUT2D eigenvalue weighted by Gasteiger charge is 2.38. The molecule has 2 aromatic rings. The first-order valence-electron chi connectivity index (χ1n) is 10.8. The minimum absolute atomic E-state index is 0.0613. The summed E-state index contributed by atoms with van der Waals surface area (Å²) in [6.45, 7) is 8.05. The van der Waals surface area contributed by atoms with Crippen molar-refractivity contribution >= 4 is 17.4 Å². The largest absolute Gasteiger partial charge is 0.501 e. The Balaban J connectivity index is 2.15. The quantitative estimate of drug-likeness (QED) is 0.622. The van der Waals surface area contributed by atoms with Crippen LogP contribution in [0, 0.1) is 5.92 Å². The lowest BCUT2D eigenvalue weighted by atomic mass is 9.75. The molecular formula is C24H31ClN2O3. The van der Waals surface area contributed by atoms with Crippen molar-refractivity contribution in [3.05, 3.63) is 56.2 Å². The molecule has 1 aliphatic carbocycles. The fourth-order valence-corrected chi connectivity index (χ4v) is 5.04. The molecule has 0 amide bonds. The summed E-state index contributed by atoms with van der Waals surface area (Å²) in [6.07, 6.45) is 5.56. The number of ketones is 1. The SMILES string of the molecule is CCc1ccc(C2(Cc3nc(=O)c(O)c(C(C)=O)n3CC(C)C)CCCC2)cc1Cl. The van der Waals surface area contributed by atoms with Gasteiger partial charge in [-0.2, -0.15) is 4.98 Å². The molecule has 0 aliphatic heterocycles. The van der Waals surface area contributed by atoms with Crippen LogP contribution in [0.2, 0.25) is 5.02 Å². The standard InChI is InChI=1S/C24H31ClN2O3/c1-5-17-8-9-18(12-19(17)25)24(10-6-7-11-24)13-20-26-23(30)22(29)21(16(4)28)27(20)14-15(2)3/h8-9,12,15,29H,5-7,10-11,13-14H2,1-4H3. The lowest BCUT2D eigenvalue weighted by Gasteiger charge is -2.32. The summed E-state index contributed by atoms with van der Waals surface area (Å²) in [4.78, 5) is 28.9. The minimum Gasteiger partial charge on any atom is -0.501 e. The number of carbonyl (C=O) groups excluding carboxylic acids is 1. The molecule has 1 aromatic heterocycles. The van der Waals surface area contributed by atoms with E-state index in [0.29, 0.717) is 18.8 Å². The van der Waals surface area contributed by atoms with Crippen LogP contribution in [0.1, 0.15) is 80.8 Å². The summed E-state index contributed by atoms with van der Waals surface area (Å²) in [5.41, 5.74) is 1.42. The number of aromatic hydroxyl groups is 1.